The maximum Gasteiger partial charge on any atom is 0.190 e. The van der Waals surface area contributed by atoms with Crippen LogP contribution in [0.3, 0.4) is 0 Å². The third-order valence-corrected chi connectivity index (χ3v) is 6.68. The molecule has 11 atom stereocenters. The average Bonchev–Trinajstić information content (AvgIpc) is 2.92. The molecule has 176 valence electrons. The molecule has 0 aromatic rings. The SMILES string of the molecule is CO[C@@H]1O[C@H]([C@@H]2O[C@H]2[C@H]2O[C@@H]3OC(C)(C)O[C@@H]3[C@H]3OC(C)(C)O[C@@H]23)[C@H]2OC(C)(C)O[C@@H]12. The summed E-state index contributed by atoms with van der Waals surface area (Å²) in [6.45, 7) is 11.3. The summed E-state index contributed by atoms with van der Waals surface area (Å²) >= 11 is 0. The molecule has 6 aliphatic rings. The molecule has 0 bridgehead atoms. The van der Waals surface area contributed by atoms with Gasteiger partial charge in [-0.2, -0.15) is 0 Å². The van der Waals surface area contributed by atoms with Gasteiger partial charge in [0.25, 0.3) is 0 Å². The first-order valence-electron chi connectivity index (χ1n) is 11.0. The Bertz CT molecular complexity index is 740. The molecule has 6 aliphatic heterocycles. The summed E-state index contributed by atoms with van der Waals surface area (Å²) in [5, 5.41) is 0. The van der Waals surface area contributed by atoms with Crippen LogP contribution in [0.15, 0.2) is 0 Å². The first kappa shape index (κ1) is 21.2. The van der Waals surface area contributed by atoms with E-state index in [-0.39, 0.29) is 48.8 Å². The van der Waals surface area contributed by atoms with Gasteiger partial charge in [0.1, 0.15) is 54.9 Å². The molecule has 0 aliphatic carbocycles. The Balaban J connectivity index is 1.22. The monoisotopic (exact) mass is 444 g/mol. The second-order valence-corrected chi connectivity index (χ2v) is 10.5. The van der Waals surface area contributed by atoms with Crippen LogP contribution >= 0.6 is 0 Å². The van der Waals surface area contributed by atoms with Gasteiger partial charge in [0.15, 0.2) is 29.9 Å². The minimum Gasteiger partial charge on any atom is -0.364 e. The van der Waals surface area contributed by atoms with Crippen LogP contribution in [0.5, 0.6) is 0 Å². The first-order chi connectivity index (χ1) is 14.5. The molecular weight excluding hydrogens is 412 g/mol. The number of rotatable bonds is 3. The highest BCUT2D eigenvalue weighted by Gasteiger charge is 2.69. The van der Waals surface area contributed by atoms with Crippen LogP contribution in [0, 0.1) is 0 Å². The summed E-state index contributed by atoms with van der Waals surface area (Å²) in [6, 6.07) is 0. The Morgan fingerprint density at radius 3 is 1.48 bits per heavy atom. The lowest BCUT2D eigenvalue weighted by molar-refractivity contribution is -0.238. The van der Waals surface area contributed by atoms with Gasteiger partial charge in [-0.1, -0.05) is 0 Å². The number of epoxide rings is 1. The second-order valence-electron chi connectivity index (χ2n) is 10.5. The van der Waals surface area contributed by atoms with Gasteiger partial charge < -0.3 is 47.4 Å². The van der Waals surface area contributed by atoms with E-state index in [0.29, 0.717) is 0 Å². The fourth-order valence-corrected chi connectivity index (χ4v) is 5.62. The third kappa shape index (κ3) is 3.39. The van der Waals surface area contributed by atoms with Crippen LogP contribution in [-0.2, 0) is 47.4 Å². The van der Waals surface area contributed by atoms with Crippen molar-refractivity contribution in [3.8, 4) is 0 Å². The van der Waals surface area contributed by atoms with Gasteiger partial charge in [-0.15, -0.1) is 0 Å². The van der Waals surface area contributed by atoms with Crippen molar-refractivity contribution < 1.29 is 47.4 Å². The molecule has 0 saturated carbocycles. The van der Waals surface area contributed by atoms with E-state index >= 15 is 0 Å². The van der Waals surface area contributed by atoms with Crippen LogP contribution in [0.1, 0.15) is 41.5 Å². The molecule has 10 heteroatoms. The summed E-state index contributed by atoms with van der Waals surface area (Å²) < 4.78 is 60.7. The van der Waals surface area contributed by atoms with Crippen molar-refractivity contribution in [2.45, 2.75) is 126 Å². The molecule has 0 aromatic heterocycles. The number of methoxy groups -OCH3 is 1. The predicted molar refractivity (Wildman–Crippen MR) is 101 cm³/mol. The zero-order valence-corrected chi connectivity index (χ0v) is 18.9. The summed E-state index contributed by atoms with van der Waals surface area (Å²) in [7, 11) is 1.60. The fourth-order valence-electron chi connectivity index (χ4n) is 5.62. The molecule has 10 nitrogen and oxygen atoms in total. The van der Waals surface area contributed by atoms with Gasteiger partial charge >= 0.3 is 0 Å². The van der Waals surface area contributed by atoms with Crippen molar-refractivity contribution in [1.82, 2.24) is 0 Å². The van der Waals surface area contributed by atoms with Crippen molar-refractivity contribution in [1.29, 1.82) is 0 Å². The van der Waals surface area contributed by atoms with Crippen LogP contribution in [-0.4, -0.2) is 92.0 Å². The first-order valence-corrected chi connectivity index (χ1v) is 11.0. The van der Waals surface area contributed by atoms with E-state index in [1.165, 1.54) is 0 Å². The third-order valence-electron chi connectivity index (χ3n) is 6.68. The Hall–Kier alpha value is -0.400. The molecule has 0 aromatic carbocycles. The highest BCUT2D eigenvalue weighted by atomic mass is 16.9. The number of ether oxygens (including phenoxy) is 10. The number of hydrogen-bond acceptors (Lipinski definition) is 10. The van der Waals surface area contributed by atoms with Gasteiger partial charge in [0.05, 0.1) is 0 Å². The highest BCUT2D eigenvalue weighted by molar-refractivity contribution is 5.12. The van der Waals surface area contributed by atoms with Gasteiger partial charge in [-0.25, -0.2) is 0 Å². The van der Waals surface area contributed by atoms with Gasteiger partial charge in [-0.05, 0) is 41.5 Å². The van der Waals surface area contributed by atoms with Gasteiger partial charge in [0.2, 0.25) is 0 Å². The molecule has 0 unspecified atom stereocenters. The summed E-state index contributed by atoms with van der Waals surface area (Å²) in [6.07, 6.45) is -3.93. The fraction of sp³-hybridized carbons (Fsp3) is 1.00. The quantitative estimate of drug-likeness (QED) is 0.588. The van der Waals surface area contributed by atoms with Crippen LogP contribution in [0.4, 0.5) is 0 Å². The van der Waals surface area contributed by atoms with E-state index in [9.17, 15) is 0 Å². The maximum absolute atomic E-state index is 6.34. The van der Waals surface area contributed by atoms with E-state index in [2.05, 4.69) is 0 Å². The average molecular weight is 444 g/mol. The van der Waals surface area contributed by atoms with E-state index in [4.69, 9.17) is 47.4 Å². The van der Waals surface area contributed by atoms with Crippen molar-refractivity contribution in [2.24, 2.45) is 0 Å². The highest BCUT2D eigenvalue weighted by Crippen LogP contribution is 2.50. The number of fused-ring (bicyclic) bond motifs is 4. The van der Waals surface area contributed by atoms with E-state index in [0.717, 1.165) is 0 Å². The zero-order chi connectivity index (χ0) is 21.9. The molecule has 0 spiro atoms. The summed E-state index contributed by atoms with van der Waals surface area (Å²) in [5.74, 6) is -2.22. The Morgan fingerprint density at radius 2 is 0.871 bits per heavy atom. The lowest BCUT2D eigenvalue weighted by Gasteiger charge is -2.36. The summed E-state index contributed by atoms with van der Waals surface area (Å²) in [4.78, 5) is 0. The molecule has 0 radical (unpaired) electrons. The molecule has 6 rings (SSSR count). The Kier molecular flexibility index (Phi) is 4.50. The minimum absolute atomic E-state index is 0.241. The second kappa shape index (κ2) is 6.59. The van der Waals surface area contributed by atoms with Crippen molar-refractivity contribution in [2.75, 3.05) is 7.11 Å². The topological polar surface area (TPSA) is 95.6 Å². The molecule has 6 fully saturated rings. The predicted octanol–water partition coefficient (Wildman–Crippen LogP) is 1.04. The van der Waals surface area contributed by atoms with Crippen molar-refractivity contribution in [3.05, 3.63) is 0 Å². The van der Waals surface area contributed by atoms with E-state index in [1.807, 2.05) is 41.5 Å². The summed E-state index contributed by atoms with van der Waals surface area (Å²) in [5.41, 5.74) is 0. The molecule has 0 N–H and O–H groups in total. The van der Waals surface area contributed by atoms with Gasteiger partial charge in [0, 0.05) is 7.11 Å². The Labute approximate surface area is 181 Å². The van der Waals surface area contributed by atoms with E-state index in [1.54, 1.807) is 7.11 Å². The lowest BCUT2D eigenvalue weighted by atomic mass is 9.94. The van der Waals surface area contributed by atoms with Crippen LogP contribution < -0.4 is 0 Å². The zero-order valence-electron chi connectivity index (χ0n) is 18.9. The molecular formula is C21H32O10. The molecule has 0 amide bonds. The Morgan fingerprint density at radius 1 is 0.452 bits per heavy atom. The smallest absolute Gasteiger partial charge is 0.190 e. The molecule has 6 saturated heterocycles. The largest absolute Gasteiger partial charge is 0.364 e. The number of hydrogen-bond donors (Lipinski definition) is 0. The normalized spacial score (nSPS) is 55.6. The van der Waals surface area contributed by atoms with Crippen LogP contribution in [0.25, 0.3) is 0 Å². The van der Waals surface area contributed by atoms with Crippen LogP contribution in [0.2, 0.25) is 0 Å². The van der Waals surface area contributed by atoms with Crippen molar-refractivity contribution >= 4 is 0 Å². The molecule has 6 heterocycles. The van der Waals surface area contributed by atoms with Gasteiger partial charge in [-0.3, -0.25) is 0 Å². The maximum atomic E-state index is 6.34. The van der Waals surface area contributed by atoms with Crippen molar-refractivity contribution in [3.63, 3.8) is 0 Å². The minimum atomic E-state index is -0.761. The van der Waals surface area contributed by atoms with E-state index < -0.39 is 36.0 Å². The lowest BCUT2D eigenvalue weighted by Crippen LogP contribution is -2.57. The molecule has 31 heavy (non-hydrogen) atoms. The standard InChI is InChI=1S/C21H32O10/c1-19(2)26-12-10(25-18-16(14(12)28-19)30-21(5,6)31-18)8-9(23-8)11-13-15(17(22-7)24-11)29-20(3,4)27-13/h8-18H,1-7H3/t8-,9-,10-,11-,12+,13-,14+,15-,16-,17-,18-/m1/s1.